The van der Waals surface area contributed by atoms with Crippen molar-refractivity contribution in [2.75, 3.05) is 0 Å². The zero-order chi connectivity index (χ0) is 21.2. The summed E-state index contributed by atoms with van der Waals surface area (Å²) in [5, 5.41) is 0.430. The van der Waals surface area contributed by atoms with Crippen LogP contribution in [0.15, 0.2) is 88.8 Å². The van der Waals surface area contributed by atoms with E-state index in [-0.39, 0.29) is 21.5 Å². The molecule has 0 amide bonds. The van der Waals surface area contributed by atoms with Gasteiger partial charge in [-0.05, 0) is 48.5 Å². The van der Waals surface area contributed by atoms with Crippen molar-refractivity contribution in [3.05, 3.63) is 111 Å². The molecule has 0 bridgehead atoms. The molecule has 0 saturated heterocycles. The van der Waals surface area contributed by atoms with E-state index >= 15 is 0 Å². The van der Waals surface area contributed by atoms with E-state index in [4.69, 9.17) is 0 Å². The Morgan fingerprint density at radius 2 is 0.833 bits per heavy atom. The summed E-state index contributed by atoms with van der Waals surface area (Å²) >= 11 is 6.66. The number of nitrogens with zero attached hydrogens (tertiary/aromatic N) is 2. The maximum Gasteiger partial charge on any atom is 0.266 e. The number of hydrogen-bond donors (Lipinski definition) is 0. The fourth-order valence-electron chi connectivity index (χ4n) is 3.67. The third-order valence-electron chi connectivity index (χ3n) is 5.02. The molecule has 0 aliphatic carbocycles. The normalized spacial score (nSPS) is 11.5. The number of hydrogen-bond acceptors (Lipinski definition) is 4. The van der Waals surface area contributed by atoms with Crippen molar-refractivity contribution >= 4 is 53.4 Å². The zero-order valence-electron chi connectivity index (χ0n) is 15.1. The van der Waals surface area contributed by atoms with Crippen LogP contribution < -0.4 is 22.2 Å². The molecule has 0 radical (unpaired) electrons. The lowest BCUT2D eigenvalue weighted by molar-refractivity contribution is 0.987. The van der Waals surface area contributed by atoms with Crippen molar-refractivity contribution in [3.8, 4) is 11.4 Å². The molecule has 0 N–H and O–H groups in total. The van der Waals surface area contributed by atoms with Gasteiger partial charge in [-0.3, -0.25) is 19.2 Å². The van der Waals surface area contributed by atoms with Crippen molar-refractivity contribution in [2.24, 2.45) is 0 Å². The molecule has 0 spiro atoms. The van der Waals surface area contributed by atoms with Crippen LogP contribution in [0.4, 0.5) is 0 Å². The molecule has 3 aromatic carbocycles. The van der Waals surface area contributed by atoms with E-state index in [1.165, 1.54) is 12.1 Å². The van der Waals surface area contributed by atoms with E-state index < -0.39 is 22.2 Å². The average molecular weight is 526 g/mol. The number of aromatic nitrogens is 2. The highest BCUT2D eigenvalue weighted by Crippen LogP contribution is 2.19. The second-order valence-corrected chi connectivity index (χ2v) is 8.63. The van der Waals surface area contributed by atoms with E-state index in [0.717, 1.165) is 9.13 Å². The molecule has 0 saturated carbocycles. The predicted molar refractivity (Wildman–Crippen MR) is 123 cm³/mol. The SMILES string of the molecule is O=c1c2cc3c(=O)n(-c4cccc(Br)c4)c(=O)c3cc2c(=O)n1-c1cccc(Br)c1. The molecule has 0 aliphatic rings. The van der Waals surface area contributed by atoms with Crippen LogP contribution >= 0.6 is 31.9 Å². The number of fused-ring (bicyclic) bond motifs is 2. The van der Waals surface area contributed by atoms with Crippen LogP contribution in [0.5, 0.6) is 0 Å². The molecule has 0 fully saturated rings. The molecule has 6 nitrogen and oxygen atoms in total. The first kappa shape index (κ1) is 18.9. The van der Waals surface area contributed by atoms with Gasteiger partial charge in [-0.15, -0.1) is 0 Å². The quantitative estimate of drug-likeness (QED) is 0.354. The molecule has 0 atom stereocenters. The summed E-state index contributed by atoms with van der Waals surface area (Å²) in [6, 6.07) is 16.3. The molecule has 146 valence electrons. The van der Waals surface area contributed by atoms with Gasteiger partial charge in [0.1, 0.15) is 0 Å². The summed E-state index contributed by atoms with van der Waals surface area (Å²) in [4.78, 5) is 51.9. The topological polar surface area (TPSA) is 78.1 Å². The Labute approximate surface area is 184 Å². The first-order valence-electron chi connectivity index (χ1n) is 8.83. The smallest absolute Gasteiger partial charge is 0.266 e. The lowest BCUT2D eigenvalue weighted by Gasteiger charge is -2.00. The minimum Gasteiger partial charge on any atom is -0.268 e. The third-order valence-corrected chi connectivity index (χ3v) is 6.01. The van der Waals surface area contributed by atoms with Crippen molar-refractivity contribution in [3.63, 3.8) is 0 Å². The Balaban J connectivity index is 1.86. The maximum absolute atomic E-state index is 13.0. The summed E-state index contributed by atoms with van der Waals surface area (Å²) < 4.78 is 3.53. The van der Waals surface area contributed by atoms with E-state index in [9.17, 15) is 19.2 Å². The van der Waals surface area contributed by atoms with E-state index in [0.29, 0.717) is 20.3 Å². The predicted octanol–water partition coefficient (Wildman–Crippen LogP) is 3.42. The molecule has 8 heteroatoms. The van der Waals surface area contributed by atoms with Gasteiger partial charge < -0.3 is 0 Å². The van der Waals surface area contributed by atoms with Crippen LogP contribution in [0.2, 0.25) is 0 Å². The van der Waals surface area contributed by atoms with Crippen LogP contribution in [-0.4, -0.2) is 9.13 Å². The fourth-order valence-corrected chi connectivity index (χ4v) is 4.45. The Morgan fingerprint density at radius 1 is 0.500 bits per heavy atom. The maximum atomic E-state index is 13.0. The van der Waals surface area contributed by atoms with Gasteiger partial charge in [-0.2, -0.15) is 0 Å². The van der Waals surface area contributed by atoms with E-state index in [1.54, 1.807) is 48.5 Å². The van der Waals surface area contributed by atoms with E-state index in [2.05, 4.69) is 31.9 Å². The summed E-state index contributed by atoms with van der Waals surface area (Å²) in [5.41, 5.74) is -1.31. The second kappa shape index (κ2) is 6.72. The van der Waals surface area contributed by atoms with Gasteiger partial charge in [0.25, 0.3) is 22.2 Å². The van der Waals surface area contributed by atoms with Crippen LogP contribution in [0.1, 0.15) is 0 Å². The standard InChI is InChI=1S/C22H10Br2N2O4/c23-11-3-1-5-13(7-11)25-19(27)15-9-17-18(10-16(15)20(25)28)22(30)26(21(17)29)14-6-2-4-12(24)8-14/h1-10H. The molecule has 0 aliphatic heterocycles. The van der Waals surface area contributed by atoms with Crippen molar-refractivity contribution in [1.82, 2.24) is 9.13 Å². The minimum absolute atomic E-state index is 0.107. The van der Waals surface area contributed by atoms with Crippen LogP contribution in [0, 0.1) is 0 Å². The summed E-state index contributed by atoms with van der Waals surface area (Å²) in [6.07, 6.45) is 0. The number of halogens is 2. The van der Waals surface area contributed by atoms with Crippen LogP contribution in [0.3, 0.4) is 0 Å². The lowest BCUT2D eigenvalue weighted by Crippen LogP contribution is -2.24. The van der Waals surface area contributed by atoms with Crippen molar-refractivity contribution < 1.29 is 0 Å². The first-order valence-corrected chi connectivity index (χ1v) is 10.4. The minimum atomic E-state index is -0.531. The first-order chi connectivity index (χ1) is 14.4. The molecular weight excluding hydrogens is 516 g/mol. The van der Waals surface area contributed by atoms with Crippen LogP contribution in [0.25, 0.3) is 32.9 Å². The highest BCUT2D eigenvalue weighted by Gasteiger charge is 2.20. The van der Waals surface area contributed by atoms with Crippen LogP contribution in [-0.2, 0) is 0 Å². The van der Waals surface area contributed by atoms with Gasteiger partial charge in [0.05, 0.1) is 32.9 Å². The summed E-state index contributed by atoms with van der Waals surface area (Å²) in [6.45, 7) is 0. The van der Waals surface area contributed by atoms with Gasteiger partial charge >= 0.3 is 0 Å². The number of benzene rings is 3. The molecule has 2 aromatic heterocycles. The monoisotopic (exact) mass is 524 g/mol. The largest absolute Gasteiger partial charge is 0.268 e. The van der Waals surface area contributed by atoms with Gasteiger partial charge in [-0.25, -0.2) is 9.13 Å². The summed E-state index contributed by atoms with van der Waals surface area (Å²) in [7, 11) is 0. The van der Waals surface area contributed by atoms with Gasteiger partial charge in [0.2, 0.25) is 0 Å². The van der Waals surface area contributed by atoms with Gasteiger partial charge in [0.15, 0.2) is 0 Å². The Hall–Kier alpha value is -3.10. The molecule has 0 unspecified atom stereocenters. The number of rotatable bonds is 2. The fraction of sp³-hybridized carbons (Fsp3) is 0. The molecule has 5 aromatic rings. The Morgan fingerprint density at radius 3 is 1.13 bits per heavy atom. The highest BCUT2D eigenvalue weighted by molar-refractivity contribution is 9.10. The average Bonchev–Trinajstić information content (AvgIpc) is 3.11. The van der Waals surface area contributed by atoms with E-state index in [1.807, 2.05) is 0 Å². The second-order valence-electron chi connectivity index (χ2n) is 6.79. The molecular formula is C22H10Br2N2O4. The summed E-state index contributed by atoms with van der Waals surface area (Å²) in [5.74, 6) is 0. The lowest BCUT2D eigenvalue weighted by atomic mass is 10.1. The molecule has 30 heavy (non-hydrogen) atoms. The molecule has 2 heterocycles. The Kier molecular flexibility index (Phi) is 4.23. The third kappa shape index (κ3) is 2.68. The van der Waals surface area contributed by atoms with Gasteiger partial charge in [-0.1, -0.05) is 44.0 Å². The van der Waals surface area contributed by atoms with Crippen molar-refractivity contribution in [1.29, 1.82) is 0 Å². The van der Waals surface area contributed by atoms with Gasteiger partial charge in [0, 0.05) is 8.95 Å². The Bertz CT molecular complexity index is 1500. The highest BCUT2D eigenvalue weighted by atomic mass is 79.9. The van der Waals surface area contributed by atoms with Crippen molar-refractivity contribution in [2.45, 2.75) is 0 Å². The zero-order valence-corrected chi connectivity index (χ0v) is 18.2. The molecule has 5 rings (SSSR count).